The number of pyridine rings is 1. The Labute approximate surface area is 163 Å². The summed E-state index contributed by atoms with van der Waals surface area (Å²) in [6.45, 7) is 3.38. The van der Waals surface area contributed by atoms with Gasteiger partial charge < -0.3 is 16.0 Å². The molecule has 1 aromatic heterocycles. The Morgan fingerprint density at radius 2 is 1.92 bits per heavy atom. The molecule has 1 aromatic rings. The zero-order chi connectivity index (χ0) is 16.1. The molecule has 2 heterocycles. The second-order valence-corrected chi connectivity index (χ2v) is 6.82. The minimum atomic E-state index is 0. The zero-order valence-electron chi connectivity index (χ0n) is 14.7. The average molecular weight is 389 g/mol. The fraction of sp³-hybridized carbons (Fsp3) is 0.667. The number of nitrogens with two attached hydrogens (primary N) is 1. The lowest BCUT2D eigenvalue weighted by Crippen LogP contribution is -2.34. The van der Waals surface area contributed by atoms with Gasteiger partial charge in [-0.3, -0.25) is 4.79 Å². The molecule has 3 N–H and O–H groups in total. The van der Waals surface area contributed by atoms with E-state index in [9.17, 15) is 4.79 Å². The first-order chi connectivity index (χ1) is 11.3. The van der Waals surface area contributed by atoms with Crippen molar-refractivity contribution in [1.82, 2.24) is 10.3 Å². The number of hydrogen-bond donors (Lipinski definition) is 2. The van der Waals surface area contributed by atoms with Gasteiger partial charge in [0.25, 0.3) is 0 Å². The van der Waals surface area contributed by atoms with E-state index in [-0.39, 0.29) is 36.6 Å². The molecule has 2 fully saturated rings. The van der Waals surface area contributed by atoms with Crippen molar-refractivity contribution in [2.75, 3.05) is 24.5 Å². The molecule has 2 atom stereocenters. The van der Waals surface area contributed by atoms with E-state index in [2.05, 4.69) is 27.3 Å². The fourth-order valence-electron chi connectivity index (χ4n) is 3.82. The molecule has 0 bridgehead atoms. The number of nitrogens with one attached hydrogen (secondary N) is 1. The van der Waals surface area contributed by atoms with Crippen LogP contribution in [0.5, 0.6) is 0 Å². The number of nitrogens with zero attached hydrogens (tertiary/aromatic N) is 2. The van der Waals surface area contributed by atoms with Crippen molar-refractivity contribution in [1.29, 1.82) is 0 Å². The maximum atomic E-state index is 12.3. The van der Waals surface area contributed by atoms with Crippen LogP contribution in [0.4, 0.5) is 5.82 Å². The van der Waals surface area contributed by atoms with E-state index >= 15 is 0 Å². The minimum absolute atomic E-state index is 0. The molecule has 0 spiro atoms. The Bertz CT molecular complexity index is 520. The number of carbonyl (C=O) groups is 1. The van der Waals surface area contributed by atoms with Crippen molar-refractivity contribution >= 4 is 36.5 Å². The second kappa shape index (κ2) is 10.8. The molecule has 142 valence electrons. The summed E-state index contributed by atoms with van der Waals surface area (Å²) in [5, 5.41) is 3.06. The lowest BCUT2D eigenvalue weighted by atomic mass is 9.95. The Kier molecular flexibility index (Phi) is 9.54. The van der Waals surface area contributed by atoms with Crippen LogP contribution in [-0.2, 0) is 11.3 Å². The highest BCUT2D eigenvalue weighted by Crippen LogP contribution is 2.31. The largest absolute Gasteiger partial charge is 0.357 e. The lowest BCUT2D eigenvalue weighted by molar-refractivity contribution is -0.126. The number of piperidine rings is 1. The highest BCUT2D eigenvalue weighted by atomic mass is 35.5. The molecule has 1 amide bonds. The van der Waals surface area contributed by atoms with E-state index < -0.39 is 0 Å². The topological polar surface area (TPSA) is 71.2 Å². The van der Waals surface area contributed by atoms with Gasteiger partial charge in [-0.05, 0) is 56.2 Å². The summed E-state index contributed by atoms with van der Waals surface area (Å²) in [7, 11) is 0. The number of amides is 1. The van der Waals surface area contributed by atoms with Crippen molar-refractivity contribution in [3.63, 3.8) is 0 Å². The van der Waals surface area contributed by atoms with E-state index in [4.69, 9.17) is 5.73 Å². The van der Waals surface area contributed by atoms with E-state index in [0.29, 0.717) is 19.0 Å². The predicted octanol–water partition coefficient (Wildman–Crippen LogP) is 2.91. The van der Waals surface area contributed by atoms with Crippen LogP contribution in [0.2, 0.25) is 0 Å². The van der Waals surface area contributed by atoms with Gasteiger partial charge in [0, 0.05) is 31.7 Å². The molecule has 2 aliphatic rings. The van der Waals surface area contributed by atoms with Gasteiger partial charge >= 0.3 is 0 Å². The Hall–Kier alpha value is -1.04. The first-order valence-electron chi connectivity index (χ1n) is 8.95. The Balaban J connectivity index is 0.00000156. The van der Waals surface area contributed by atoms with Crippen LogP contribution < -0.4 is 16.0 Å². The minimum Gasteiger partial charge on any atom is -0.357 e. The molecule has 1 saturated heterocycles. The Morgan fingerprint density at radius 3 is 2.56 bits per heavy atom. The van der Waals surface area contributed by atoms with Crippen LogP contribution in [0, 0.1) is 11.8 Å². The summed E-state index contributed by atoms with van der Waals surface area (Å²) in [6, 6.07) is 4.15. The van der Waals surface area contributed by atoms with Crippen LogP contribution >= 0.6 is 24.8 Å². The average Bonchev–Trinajstić information content (AvgIpc) is 3.10. The third-order valence-electron chi connectivity index (χ3n) is 5.25. The van der Waals surface area contributed by atoms with E-state index in [1.54, 1.807) is 0 Å². The molecule has 7 heteroatoms. The van der Waals surface area contributed by atoms with E-state index in [1.165, 1.54) is 19.3 Å². The first-order valence-corrected chi connectivity index (χ1v) is 8.95. The maximum absolute atomic E-state index is 12.3. The third-order valence-corrected chi connectivity index (χ3v) is 5.25. The molecular weight excluding hydrogens is 359 g/mol. The molecule has 25 heavy (non-hydrogen) atoms. The molecule has 1 aliphatic carbocycles. The zero-order valence-corrected chi connectivity index (χ0v) is 16.3. The fourth-order valence-corrected chi connectivity index (χ4v) is 3.82. The molecule has 0 unspecified atom stereocenters. The van der Waals surface area contributed by atoms with Crippen LogP contribution in [0.25, 0.3) is 0 Å². The van der Waals surface area contributed by atoms with Gasteiger partial charge in [-0.25, -0.2) is 4.98 Å². The molecule has 1 aliphatic heterocycles. The maximum Gasteiger partial charge on any atom is 0.223 e. The number of anilines is 1. The summed E-state index contributed by atoms with van der Waals surface area (Å²) < 4.78 is 0. The van der Waals surface area contributed by atoms with Gasteiger partial charge in [0.1, 0.15) is 5.82 Å². The summed E-state index contributed by atoms with van der Waals surface area (Å²) in [5.74, 6) is 1.66. The van der Waals surface area contributed by atoms with Gasteiger partial charge in [0.05, 0.1) is 0 Å². The highest BCUT2D eigenvalue weighted by molar-refractivity contribution is 5.85. The molecule has 3 rings (SSSR count). The van der Waals surface area contributed by atoms with Crippen molar-refractivity contribution < 1.29 is 4.79 Å². The molecule has 0 radical (unpaired) electrons. The van der Waals surface area contributed by atoms with Crippen LogP contribution in [-0.4, -0.2) is 30.5 Å². The normalized spacial score (nSPS) is 22.7. The summed E-state index contributed by atoms with van der Waals surface area (Å²) >= 11 is 0. The number of carbonyl (C=O) groups excluding carboxylic acids is 1. The SMILES string of the molecule is Cl.Cl.NC[C@H]1CCC[C@H]1C(=O)NCc1ccc(N2CCCCC2)nc1. The number of halogens is 2. The smallest absolute Gasteiger partial charge is 0.223 e. The number of hydrogen-bond acceptors (Lipinski definition) is 4. The van der Waals surface area contributed by atoms with E-state index in [1.807, 2.05) is 6.20 Å². The number of aromatic nitrogens is 1. The van der Waals surface area contributed by atoms with Gasteiger partial charge in [0.15, 0.2) is 0 Å². The third kappa shape index (κ3) is 5.73. The molecular formula is C18H30Cl2N4O. The Morgan fingerprint density at radius 1 is 1.16 bits per heavy atom. The van der Waals surface area contributed by atoms with Crippen molar-refractivity contribution in [2.24, 2.45) is 17.6 Å². The number of rotatable bonds is 5. The van der Waals surface area contributed by atoms with Crippen LogP contribution in [0.3, 0.4) is 0 Å². The van der Waals surface area contributed by atoms with E-state index in [0.717, 1.165) is 43.7 Å². The van der Waals surface area contributed by atoms with Crippen LogP contribution in [0.15, 0.2) is 18.3 Å². The molecule has 0 aromatic carbocycles. The van der Waals surface area contributed by atoms with Crippen molar-refractivity contribution in [3.05, 3.63) is 23.9 Å². The summed E-state index contributed by atoms with van der Waals surface area (Å²) in [6.07, 6.45) is 8.89. The summed E-state index contributed by atoms with van der Waals surface area (Å²) in [5.41, 5.74) is 6.82. The highest BCUT2D eigenvalue weighted by Gasteiger charge is 2.31. The second-order valence-electron chi connectivity index (χ2n) is 6.82. The quantitative estimate of drug-likeness (QED) is 0.813. The molecule has 5 nitrogen and oxygen atoms in total. The van der Waals surface area contributed by atoms with Crippen molar-refractivity contribution in [3.8, 4) is 0 Å². The lowest BCUT2D eigenvalue weighted by Gasteiger charge is -2.27. The first kappa shape index (κ1) is 22.0. The van der Waals surface area contributed by atoms with Gasteiger partial charge in [-0.1, -0.05) is 12.5 Å². The standard InChI is InChI=1S/C18H28N4O.2ClH/c19-11-15-5-4-6-16(15)18(23)21-13-14-7-8-17(20-12-14)22-9-2-1-3-10-22;;/h7-8,12,15-16H,1-6,9-11,13,19H2,(H,21,23);2*1H/t15-,16-;;/m1../s1. The summed E-state index contributed by atoms with van der Waals surface area (Å²) in [4.78, 5) is 19.2. The van der Waals surface area contributed by atoms with Gasteiger partial charge in [-0.2, -0.15) is 0 Å². The molecule has 1 saturated carbocycles. The monoisotopic (exact) mass is 388 g/mol. The van der Waals surface area contributed by atoms with Gasteiger partial charge in [-0.15, -0.1) is 24.8 Å². The van der Waals surface area contributed by atoms with Gasteiger partial charge in [0.2, 0.25) is 5.91 Å². The van der Waals surface area contributed by atoms with Crippen LogP contribution in [0.1, 0.15) is 44.1 Å². The van der Waals surface area contributed by atoms with Crippen molar-refractivity contribution in [2.45, 2.75) is 45.1 Å². The predicted molar refractivity (Wildman–Crippen MR) is 107 cm³/mol.